The van der Waals surface area contributed by atoms with Crippen LogP contribution in [0.3, 0.4) is 0 Å². The van der Waals surface area contributed by atoms with Gasteiger partial charge in [0.15, 0.2) is 17.5 Å². The van der Waals surface area contributed by atoms with Gasteiger partial charge >= 0.3 is 0 Å². The second-order valence-electron chi connectivity index (χ2n) is 4.16. The third-order valence-corrected chi connectivity index (χ3v) is 2.87. The molecule has 0 aliphatic rings. The molecule has 0 saturated carbocycles. The van der Waals surface area contributed by atoms with Crippen LogP contribution in [0.5, 0.6) is 0 Å². The van der Waals surface area contributed by atoms with Crippen LogP contribution < -0.4 is 5.73 Å². The van der Waals surface area contributed by atoms with Gasteiger partial charge in [0, 0.05) is 18.2 Å². The summed E-state index contributed by atoms with van der Waals surface area (Å²) in [6, 6.07) is 5.22. The number of benzene rings is 2. The number of nitrogens with two attached hydrogens (primary N) is 1. The Morgan fingerprint density at radius 3 is 2.25 bits per heavy atom. The minimum Gasteiger partial charge on any atom is -0.369 e. The predicted octanol–water partition coefficient (Wildman–Crippen LogP) is 3.16. The Morgan fingerprint density at radius 2 is 1.60 bits per heavy atom. The maximum absolute atomic E-state index is 13.3. The molecule has 102 valence electrons. The van der Waals surface area contributed by atoms with Gasteiger partial charge in [-0.1, -0.05) is 0 Å². The molecule has 20 heavy (non-hydrogen) atoms. The van der Waals surface area contributed by atoms with E-state index in [2.05, 4.69) is 4.98 Å². The van der Waals surface area contributed by atoms with Crippen LogP contribution in [-0.2, 0) is 0 Å². The Labute approximate surface area is 110 Å². The third-order valence-electron chi connectivity index (χ3n) is 2.87. The van der Waals surface area contributed by atoms with Gasteiger partial charge in [-0.05, 0) is 12.1 Å². The van der Waals surface area contributed by atoms with Crippen molar-refractivity contribution < 1.29 is 17.6 Å². The number of aromatic nitrogens is 2. The average molecular weight is 281 g/mol. The summed E-state index contributed by atoms with van der Waals surface area (Å²) in [7, 11) is 0. The molecule has 3 aromatic rings. The van der Waals surface area contributed by atoms with Gasteiger partial charge in [-0.3, -0.25) is 4.57 Å². The molecular formula is C13H7F4N3. The average Bonchev–Trinajstić information content (AvgIpc) is 2.70. The van der Waals surface area contributed by atoms with E-state index in [-0.39, 0.29) is 17.2 Å². The molecule has 0 fully saturated rings. The van der Waals surface area contributed by atoms with Crippen molar-refractivity contribution in [2.75, 3.05) is 5.73 Å². The molecule has 0 unspecified atom stereocenters. The zero-order valence-corrected chi connectivity index (χ0v) is 9.87. The first-order valence-corrected chi connectivity index (χ1v) is 5.56. The van der Waals surface area contributed by atoms with Gasteiger partial charge in [-0.2, -0.15) is 0 Å². The van der Waals surface area contributed by atoms with Gasteiger partial charge in [-0.25, -0.2) is 22.5 Å². The van der Waals surface area contributed by atoms with Crippen LogP contribution in [0.15, 0.2) is 30.3 Å². The van der Waals surface area contributed by atoms with Crippen molar-refractivity contribution in [3.8, 4) is 5.69 Å². The van der Waals surface area contributed by atoms with Crippen LogP contribution in [0.2, 0.25) is 0 Å². The predicted molar refractivity (Wildman–Crippen MR) is 65.3 cm³/mol. The van der Waals surface area contributed by atoms with Gasteiger partial charge < -0.3 is 5.73 Å². The molecule has 0 aliphatic heterocycles. The number of rotatable bonds is 1. The molecule has 1 heterocycles. The summed E-state index contributed by atoms with van der Waals surface area (Å²) in [6.45, 7) is 0. The Kier molecular flexibility index (Phi) is 2.63. The van der Waals surface area contributed by atoms with E-state index in [1.54, 1.807) is 0 Å². The highest BCUT2D eigenvalue weighted by Crippen LogP contribution is 2.25. The number of nitrogen functional groups attached to an aromatic ring is 1. The molecule has 7 heteroatoms. The second kappa shape index (κ2) is 4.22. The number of nitrogens with zero attached hydrogens (tertiary/aromatic N) is 2. The normalized spacial score (nSPS) is 11.2. The maximum atomic E-state index is 13.3. The summed E-state index contributed by atoms with van der Waals surface area (Å²) >= 11 is 0. The van der Waals surface area contributed by atoms with Crippen LogP contribution in [0.4, 0.5) is 23.5 Å². The van der Waals surface area contributed by atoms with Crippen LogP contribution in [0, 0.1) is 23.3 Å². The quantitative estimate of drug-likeness (QED) is 0.550. The van der Waals surface area contributed by atoms with Crippen LogP contribution >= 0.6 is 0 Å². The van der Waals surface area contributed by atoms with Gasteiger partial charge in [-0.15, -0.1) is 0 Å². The monoisotopic (exact) mass is 281 g/mol. The first-order chi connectivity index (χ1) is 9.47. The SMILES string of the molecule is Nc1nc2ccc(F)cc2n1-c1cc(F)c(F)c(F)c1. The largest absolute Gasteiger partial charge is 0.369 e. The zero-order valence-electron chi connectivity index (χ0n) is 9.87. The van der Waals surface area contributed by atoms with E-state index in [4.69, 9.17) is 5.73 Å². The molecule has 0 aliphatic carbocycles. The van der Waals surface area contributed by atoms with Crippen molar-refractivity contribution in [1.82, 2.24) is 9.55 Å². The Morgan fingerprint density at radius 1 is 0.950 bits per heavy atom. The lowest BCUT2D eigenvalue weighted by molar-refractivity contribution is 0.446. The van der Waals surface area contributed by atoms with E-state index < -0.39 is 23.3 Å². The minimum absolute atomic E-state index is 0.0769. The fourth-order valence-corrected chi connectivity index (χ4v) is 2.01. The minimum atomic E-state index is -1.58. The lowest BCUT2D eigenvalue weighted by Crippen LogP contribution is -2.03. The lowest BCUT2D eigenvalue weighted by atomic mass is 10.2. The summed E-state index contributed by atoms with van der Waals surface area (Å²) < 4.78 is 53.9. The first kappa shape index (κ1) is 12.5. The molecule has 0 atom stereocenters. The van der Waals surface area contributed by atoms with Gasteiger partial charge in [0.2, 0.25) is 5.95 Å². The van der Waals surface area contributed by atoms with E-state index >= 15 is 0 Å². The van der Waals surface area contributed by atoms with Crippen LogP contribution in [0.1, 0.15) is 0 Å². The summed E-state index contributed by atoms with van der Waals surface area (Å²) in [4.78, 5) is 3.95. The van der Waals surface area contributed by atoms with Crippen LogP contribution in [0.25, 0.3) is 16.7 Å². The van der Waals surface area contributed by atoms with Gasteiger partial charge in [0.05, 0.1) is 16.7 Å². The molecule has 0 spiro atoms. The van der Waals surface area contributed by atoms with E-state index in [0.717, 1.165) is 22.8 Å². The highest BCUT2D eigenvalue weighted by molar-refractivity contribution is 5.80. The topological polar surface area (TPSA) is 43.8 Å². The summed E-state index contributed by atoms with van der Waals surface area (Å²) in [5.74, 6) is -4.95. The lowest BCUT2D eigenvalue weighted by Gasteiger charge is -2.07. The van der Waals surface area contributed by atoms with Crippen molar-refractivity contribution >= 4 is 17.0 Å². The van der Waals surface area contributed by atoms with Gasteiger partial charge in [0.25, 0.3) is 0 Å². The molecule has 0 bridgehead atoms. The van der Waals surface area contributed by atoms with Crippen molar-refractivity contribution in [1.29, 1.82) is 0 Å². The Hall–Kier alpha value is -2.57. The first-order valence-electron chi connectivity index (χ1n) is 5.56. The van der Waals surface area contributed by atoms with Crippen molar-refractivity contribution in [3.63, 3.8) is 0 Å². The smallest absolute Gasteiger partial charge is 0.205 e. The highest BCUT2D eigenvalue weighted by Gasteiger charge is 2.16. The van der Waals surface area contributed by atoms with Crippen molar-refractivity contribution in [2.24, 2.45) is 0 Å². The van der Waals surface area contributed by atoms with Crippen molar-refractivity contribution in [2.45, 2.75) is 0 Å². The molecule has 3 rings (SSSR count). The zero-order chi connectivity index (χ0) is 14.4. The number of hydrogen-bond acceptors (Lipinski definition) is 2. The molecule has 2 N–H and O–H groups in total. The highest BCUT2D eigenvalue weighted by atomic mass is 19.2. The van der Waals surface area contributed by atoms with E-state index in [1.807, 2.05) is 0 Å². The molecule has 0 amide bonds. The molecule has 1 aromatic heterocycles. The summed E-state index contributed by atoms with van der Waals surface area (Å²) in [6.07, 6.45) is 0. The molecule has 0 saturated heterocycles. The molecule has 0 radical (unpaired) electrons. The molecule has 2 aromatic carbocycles. The third kappa shape index (κ3) is 1.78. The maximum Gasteiger partial charge on any atom is 0.205 e. The number of hydrogen-bond donors (Lipinski definition) is 1. The Bertz CT molecular complexity index is 803. The standard InChI is InChI=1S/C13H7F4N3/c14-6-1-2-10-11(3-6)20(13(18)19-10)7-4-8(15)12(17)9(16)5-7/h1-5H,(H2,18,19). The summed E-state index contributed by atoms with van der Waals surface area (Å²) in [5, 5.41) is 0. The molecule has 3 nitrogen and oxygen atoms in total. The number of anilines is 1. The number of halogens is 4. The fraction of sp³-hybridized carbons (Fsp3) is 0. The fourth-order valence-electron chi connectivity index (χ4n) is 2.01. The van der Waals surface area contributed by atoms with Crippen LogP contribution in [-0.4, -0.2) is 9.55 Å². The van der Waals surface area contributed by atoms with E-state index in [0.29, 0.717) is 5.52 Å². The van der Waals surface area contributed by atoms with Gasteiger partial charge in [0.1, 0.15) is 5.82 Å². The number of fused-ring (bicyclic) bond motifs is 1. The number of imidazole rings is 1. The second-order valence-corrected chi connectivity index (χ2v) is 4.16. The van der Waals surface area contributed by atoms with Crippen molar-refractivity contribution in [3.05, 3.63) is 53.6 Å². The Balaban J connectivity index is 2.34. The summed E-state index contributed by atoms with van der Waals surface area (Å²) in [5.41, 5.74) is 6.17. The molecular weight excluding hydrogens is 274 g/mol. The van der Waals surface area contributed by atoms with E-state index in [9.17, 15) is 17.6 Å². The van der Waals surface area contributed by atoms with E-state index in [1.165, 1.54) is 12.1 Å².